The molecule has 0 aromatic heterocycles. The maximum absolute atomic E-state index is 14.0. The Morgan fingerprint density at radius 3 is 2.56 bits per heavy atom. The summed E-state index contributed by atoms with van der Waals surface area (Å²) in [6.07, 6.45) is 1.06. The van der Waals surface area contributed by atoms with Crippen LogP contribution in [0.1, 0.15) is 5.56 Å². The lowest BCUT2D eigenvalue weighted by molar-refractivity contribution is -0.135. The van der Waals surface area contributed by atoms with Crippen LogP contribution in [0.3, 0.4) is 0 Å². The molecule has 0 radical (unpaired) electrons. The molecule has 8 heteroatoms. The van der Waals surface area contributed by atoms with Gasteiger partial charge in [-0.1, -0.05) is 18.2 Å². The molecule has 0 unspecified atom stereocenters. The fraction of sp³-hybridized carbons (Fsp3) is 0.105. The summed E-state index contributed by atoms with van der Waals surface area (Å²) >= 11 is 0.965. The first-order valence-corrected chi connectivity index (χ1v) is 8.66. The van der Waals surface area contributed by atoms with Gasteiger partial charge in [0.15, 0.2) is 5.17 Å². The van der Waals surface area contributed by atoms with Crippen LogP contribution in [-0.2, 0) is 20.9 Å². The number of rotatable bonds is 4. The number of hydrogen-bond acceptors (Lipinski definition) is 5. The molecule has 0 saturated carbocycles. The number of methoxy groups -OCH3 is 1. The standard InChI is InChI=1S/C19H14F2N2O3S/c1-26-17(24)10-16-18(25)23(11-12-4-2-3-5-15(12)21)19(27-16)22-14-8-6-13(20)7-9-14/h2-10H,11H2,1H3. The number of nitrogens with zero attached hydrogens (tertiary/aromatic N) is 2. The summed E-state index contributed by atoms with van der Waals surface area (Å²) in [6.45, 7) is -0.0585. The summed E-state index contributed by atoms with van der Waals surface area (Å²) in [5, 5.41) is 0.255. The quantitative estimate of drug-likeness (QED) is 0.591. The smallest absolute Gasteiger partial charge is 0.331 e. The van der Waals surface area contributed by atoms with Gasteiger partial charge in [0.2, 0.25) is 0 Å². The molecule has 0 atom stereocenters. The number of carbonyl (C=O) groups excluding carboxylic acids is 2. The fourth-order valence-corrected chi connectivity index (χ4v) is 3.28. The average molecular weight is 388 g/mol. The van der Waals surface area contributed by atoms with E-state index < -0.39 is 23.5 Å². The van der Waals surface area contributed by atoms with E-state index in [1.54, 1.807) is 18.2 Å². The van der Waals surface area contributed by atoms with Crippen molar-refractivity contribution in [3.8, 4) is 0 Å². The van der Waals surface area contributed by atoms with Gasteiger partial charge in [-0.25, -0.2) is 18.6 Å². The summed E-state index contributed by atoms with van der Waals surface area (Å²) in [7, 11) is 1.20. The minimum atomic E-state index is -0.681. The molecule has 3 rings (SSSR count). The van der Waals surface area contributed by atoms with Gasteiger partial charge in [0, 0.05) is 11.6 Å². The SMILES string of the molecule is COC(=O)C=C1SC(=Nc2ccc(F)cc2)N(Cc2ccccc2F)C1=O. The van der Waals surface area contributed by atoms with Crippen molar-refractivity contribution in [2.45, 2.75) is 6.54 Å². The van der Waals surface area contributed by atoms with Crippen molar-refractivity contribution in [2.24, 2.45) is 4.99 Å². The second-order valence-electron chi connectivity index (χ2n) is 5.49. The zero-order chi connectivity index (χ0) is 19.4. The summed E-state index contributed by atoms with van der Waals surface area (Å²) in [6, 6.07) is 11.5. The van der Waals surface area contributed by atoms with Crippen molar-refractivity contribution in [2.75, 3.05) is 7.11 Å². The second kappa shape index (κ2) is 8.13. The molecule has 0 spiro atoms. The number of esters is 1. The Morgan fingerprint density at radius 1 is 1.19 bits per heavy atom. The third-order valence-electron chi connectivity index (χ3n) is 3.68. The topological polar surface area (TPSA) is 59.0 Å². The molecule has 1 amide bonds. The van der Waals surface area contributed by atoms with Crippen LogP contribution in [0, 0.1) is 11.6 Å². The number of thioether (sulfide) groups is 1. The molecule has 0 N–H and O–H groups in total. The van der Waals surface area contributed by atoms with Crippen LogP contribution in [-0.4, -0.2) is 29.1 Å². The van der Waals surface area contributed by atoms with Crippen molar-refractivity contribution < 1.29 is 23.1 Å². The van der Waals surface area contributed by atoms with Crippen LogP contribution < -0.4 is 0 Å². The van der Waals surface area contributed by atoms with E-state index in [0.717, 1.165) is 17.8 Å². The molecule has 5 nitrogen and oxygen atoms in total. The van der Waals surface area contributed by atoms with Crippen LogP contribution >= 0.6 is 11.8 Å². The van der Waals surface area contributed by atoms with Gasteiger partial charge in [-0.15, -0.1) is 0 Å². The van der Waals surface area contributed by atoms with Crippen LogP contribution in [0.2, 0.25) is 0 Å². The predicted octanol–water partition coefficient (Wildman–Crippen LogP) is 3.78. The Kier molecular flexibility index (Phi) is 5.66. The minimum Gasteiger partial charge on any atom is -0.466 e. The van der Waals surface area contributed by atoms with E-state index in [2.05, 4.69) is 9.73 Å². The molecule has 0 bridgehead atoms. The Morgan fingerprint density at radius 2 is 1.89 bits per heavy atom. The molecule has 138 valence electrons. The highest BCUT2D eigenvalue weighted by Crippen LogP contribution is 2.34. The molecule has 1 aliphatic heterocycles. The van der Waals surface area contributed by atoms with Gasteiger partial charge in [0.1, 0.15) is 11.6 Å². The molecular weight excluding hydrogens is 374 g/mol. The zero-order valence-corrected chi connectivity index (χ0v) is 15.0. The third kappa shape index (κ3) is 4.40. The van der Waals surface area contributed by atoms with E-state index in [1.807, 2.05) is 0 Å². The monoisotopic (exact) mass is 388 g/mol. The summed E-state index contributed by atoms with van der Waals surface area (Å²) in [4.78, 5) is 29.9. The van der Waals surface area contributed by atoms with Gasteiger partial charge in [-0.05, 0) is 42.1 Å². The fourth-order valence-electron chi connectivity index (χ4n) is 2.32. The van der Waals surface area contributed by atoms with Crippen LogP contribution in [0.4, 0.5) is 14.5 Å². The number of amides is 1. The minimum absolute atomic E-state index is 0.0585. The number of benzene rings is 2. The normalized spacial score (nSPS) is 17.0. The van der Waals surface area contributed by atoms with Gasteiger partial charge in [-0.3, -0.25) is 9.69 Å². The summed E-state index contributed by atoms with van der Waals surface area (Å²) in [5.41, 5.74) is 0.724. The maximum atomic E-state index is 14.0. The highest BCUT2D eigenvalue weighted by atomic mass is 32.2. The van der Waals surface area contributed by atoms with E-state index in [1.165, 1.54) is 42.3 Å². The predicted molar refractivity (Wildman–Crippen MR) is 98.1 cm³/mol. The number of aliphatic imine (C=N–C) groups is 1. The first kappa shape index (κ1) is 18.8. The molecule has 2 aromatic carbocycles. The van der Waals surface area contributed by atoms with Crippen molar-refractivity contribution in [1.29, 1.82) is 0 Å². The molecular formula is C19H14F2N2O3S. The number of ether oxygens (including phenoxy) is 1. The average Bonchev–Trinajstić information content (AvgIpc) is 2.94. The van der Waals surface area contributed by atoms with Crippen molar-refractivity contribution in [1.82, 2.24) is 4.90 Å². The zero-order valence-electron chi connectivity index (χ0n) is 14.2. The largest absolute Gasteiger partial charge is 0.466 e. The van der Waals surface area contributed by atoms with Gasteiger partial charge < -0.3 is 4.74 Å². The van der Waals surface area contributed by atoms with Crippen molar-refractivity contribution in [3.63, 3.8) is 0 Å². The molecule has 0 aliphatic carbocycles. The Labute approximate surface area is 158 Å². The molecule has 2 aromatic rings. The van der Waals surface area contributed by atoms with Gasteiger partial charge in [0.05, 0.1) is 24.2 Å². The Bertz CT molecular complexity index is 942. The number of carbonyl (C=O) groups is 2. The summed E-state index contributed by atoms with van der Waals surface area (Å²) in [5.74, 6) is -2.04. The lowest BCUT2D eigenvalue weighted by Gasteiger charge is -2.16. The maximum Gasteiger partial charge on any atom is 0.331 e. The van der Waals surface area contributed by atoms with Crippen molar-refractivity contribution in [3.05, 3.63) is 76.7 Å². The molecule has 27 heavy (non-hydrogen) atoms. The Hall–Kier alpha value is -3.00. The summed E-state index contributed by atoms with van der Waals surface area (Å²) < 4.78 is 31.7. The van der Waals surface area contributed by atoms with Crippen LogP contribution in [0.25, 0.3) is 0 Å². The van der Waals surface area contributed by atoms with E-state index in [0.29, 0.717) is 11.3 Å². The van der Waals surface area contributed by atoms with E-state index in [4.69, 9.17) is 0 Å². The first-order chi connectivity index (χ1) is 13.0. The van der Waals surface area contributed by atoms with Gasteiger partial charge >= 0.3 is 5.97 Å². The molecule has 1 heterocycles. The molecule has 1 fully saturated rings. The second-order valence-corrected chi connectivity index (χ2v) is 6.50. The lowest BCUT2D eigenvalue weighted by Crippen LogP contribution is -2.29. The van der Waals surface area contributed by atoms with Gasteiger partial charge in [0.25, 0.3) is 5.91 Å². The van der Waals surface area contributed by atoms with Crippen LogP contribution in [0.5, 0.6) is 0 Å². The van der Waals surface area contributed by atoms with Crippen LogP contribution in [0.15, 0.2) is 64.5 Å². The van der Waals surface area contributed by atoms with Crippen molar-refractivity contribution >= 4 is 34.5 Å². The van der Waals surface area contributed by atoms with Gasteiger partial charge in [-0.2, -0.15) is 0 Å². The molecule has 1 aliphatic rings. The first-order valence-electron chi connectivity index (χ1n) is 7.85. The third-order valence-corrected chi connectivity index (χ3v) is 4.68. The lowest BCUT2D eigenvalue weighted by atomic mass is 10.2. The number of amidine groups is 1. The highest BCUT2D eigenvalue weighted by Gasteiger charge is 2.34. The number of halogens is 2. The molecule has 1 saturated heterocycles. The number of hydrogen-bond donors (Lipinski definition) is 0. The van der Waals surface area contributed by atoms with E-state index >= 15 is 0 Å². The van der Waals surface area contributed by atoms with E-state index in [-0.39, 0.29) is 16.6 Å². The Balaban J connectivity index is 1.98. The van der Waals surface area contributed by atoms with E-state index in [9.17, 15) is 18.4 Å². The highest BCUT2D eigenvalue weighted by molar-refractivity contribution is 8.18.